The molecule has 0 aliphatic carbocycles. The molecule has 32 heavy (non-hydrogen) atoms. The molecule has 0 nitrogen and oxygen atoms in total. The maximum atomic E-state index is 7.39. The normalized spacial score (nSPS) is 11.7. The monoisotopic (exact) mass is 470 g/mol. The number of unbranched alkanes of at least 4 members (excludes halogenated alkanes) is 15. The van der Waals surface area contributed by atoms with Crippen molar-refractivity contribution < 1.29 is 0 Å². The molecule has 0 saturated heterocycles. The van der Waals surface area contributed by atoms with Crippen molar-refractivity contribution in [2.45, 2.75) is 116 Å². The summed E-state index contributed by atoms with van der Waals surface area (Å²) in [5.41, 5.74) is 0. The van der Waals surface area contributed by atoms with Gasteiger partial charge in [-0.3, -0.25) is 0 Å². The lowest BCUT2D eigenvalue weighted by molar-refractivity contribution is 0.531. The van der Waals surface area contributed by atoms with Crippen LogP contribution >= 0.6 is 11.1 Å². The molecule has 0 aliphatic heterocycles. The van der Waals surface area contributed by atoms with E-state index in [0.717, 1.165) is 6.04 Å². The molecule has 0 N–H and O–H groups in total. The first-order valence-corrected chi connectivity index (χ1v) is 16.8. The van der Waals surface area contributed by atoms with Gasteiger partial charge in [0.15, 0.2) is 0 Å². The summed E-state index contributed by atoms with van der Waals surface area (Å²) in [5.74, 6) is 0. The van der Waals surface area contributed by atoms with Crippen molar-refractivity contribution in [3.05, 3.63) is 60.7 Å². The van der Waals surface area contributed by atoms with Gasteiger partial charge in [-0.1, -0.05) is 170 Å². The molecule has 0 unspecified atom stereocenters. The van der Waals surface area contributed by atoms with E-state index in [1.807, 2.05) is 0 Å². The minimum Gasteiger partial charge on any atom is -0.155 e. The third-order valence-electron chi connectivity index (χ3n) is 6.84. The van der Waals surface area contributed by atoms with Gasteiger partial charge in [-0.05, 0) is 16.4 Å². The first kappa shape index (κ1) is 27.2. The Bertz CT molecular complexity index is 630. The standard InChI is InChI=1S/C30H47ClSi/c1-2-3-4-5-6-7-8-9-10-11-12-13-14-15-16-23-28-32(31,29-24-19-17-20-25-29)30-26-21-18-22-27-30/h17-22,24-27H,2-16,23,28H2,1H3. The highest BCUT2D eigenvalue weighted by atomic mass is 35.6. The lowest BCUT2D eigenvalue weighted by Crippen LogP contribution is -2.53. The van der Waals surface area contributed by atoms with E-state index in [1.54, 1.807) is 0 Å². The zero-order valence-electron chi connectivity index (χ0n) is 20.7. The summed E-state index contributed by atoms with van der Waals surface area (Å²) in [6.07, 6.45) is 22.6. The van der Waals surface area contributed by atoms with Crippen LogP contribution in [0.25, 0.3) is 0 Å². The fraction of sp³-hybridized carbons (Fsp3) is 0.600. The Morgan fingerprint density at radius 1 is 0.469 bits per heavy atom. The lowest BCUT2D eigenvalue weighted by atomic mass is 10.0. The minimum absolute atomic E-state index is 1.14. The molecule has 2 aromatic carbocycles. The van der Waals surface area contributed by atoms with Crippen LogP contribution in [0.1, 0.15) is 110 Å². The van der Waals surface area contributed by atoms with E-state index in [9.17, 15) is 0 Å². The zero-order chi connectivity index (χ0) is 22.7. The van der Waals surface area contributed by atoms with Crippen molar-refractivity contribution in [3.8, 4) is 0 Å². The van der Waals surface area contributed by atoms with Crippen LogP contribution in [0.2, 0.25) is 6.04 Å². The van der Waals surface area contributed by atoms with Crippen LogP contribution in [0.4, 0.5) is 0 Å². The Hall–Kier alpha value is -1.05. The van der Waals surface area contributed by atoms with Gasteiger partial charge >= 0.3 is 0 Å². The van der Waals surface area contributed by atoms with Crippen LogP contribution in [0.3, 0.4) is 0 Å². The van der Waals surface area contributed by atoms with Crippen molar-refractivity contribution in [1.29, 1.82) is 0 Å². The molecule has 0 amide bonds. The van der Waals surface area contributed by atoms with Crippen LogP contribution in [-0.4, -0.2) is 7.38 Å². The predicted octanol–water partition coefficient (Wildman–Crippen LogP) is 9.25. The van der Waals surface area contributed by atoms with Gasteiger partial charge in [0.1, 0.15) is 0 Å². The van der Waals surface area contributed by atoms with E-state index < -0.39 is 7.38 Å². The van der Waals surface area contributed by atoms with Crippen molar-refractivity contribution in [3.63, 3.8) is 0 Å². The molecule has 0 heterocycles. The van der Waals surface area contributed by atoms with E-state index in [2.05, 4.69) is 67.6 Å². The molecule has 2 rings (SSSR count). The van der Waals surface area contributed by atoms with Crippen LogP contribution in [0, 0.1) is 0 Å². The molecule has 0 saturated carbocycles. The van der Waals surface area contributed by atoms with E-state index in [-0.39, 0.29) is 0 Å². The fourth-order valence-corrected chi connectivity index (χ4v) is 9.02. The van der Waals surface area contributed by atoms with E-state index in [0.29, 0.717) is 0 Å². The minimum atomic E-state index is -2.14. The summed E-state index contributed by atoms with van der Waals surface area (Å²) in [4.78, 5) is 0. The maximum Gasteiger partial charge on any atom is 0.217 e. The molecule has 2 heteroatoms. The lowest BCUT2D eigenvalue weighted by Gasteiger charge is -2.25. The summed E-state index contributed by atoms with van der Waals surface area (Å²) >= 11 is 7.39. The second-order valence-electron chi connectivity index (χ2n) is 9.59. The van der Waals surface area contributed by atoms with Gasteiger partial charge in [0, 0.05) is 0 Å². The largest absolute Gasteiger partial charge is 0.217 e. The molecule has 0 fully saturated rings. The number of benzene rings is 2. The summed E-state index contributed by atoms with van der Waals surface area (Å²) in [5, 5.41) is 2.71. The third kappa shape index (κ3) is 10.7. The predicted molar refractivity (Wildman–Crippen MR) is 148 cm³/mol. The Morgan fingerprint density at radius 3 is 1.12 bits per heavy atom. The Morgan fingerprint density at radius 2 is 0.781 bits per heavy atom. The van der Waals surface area contributed by atoms with Crippen molar-refractivity contribution in [2.75, 3.05) is 0 Å². The van der Waals surface area contributed by atoms with Crippen LogP contribution < -0.4 is 10.4 Å². The SMILES string of the molecule is CCCCCCCCCCCCCCCCCC[Si](Cl)(c1ccccc1)c1ccccc1. The molecule has 178 valence electrons. The second kappa shape index (κ2) is 17.4. The molecule has 0 aliphatic rings. The van der Waals surface area contributed by atoms with Gasteiger partial charge in [-0.2, -0.15) is 11.1 Å². The van der Waals surface area contributed by atoms with Gasteiger partial charge in [-0.15, -0.1) is 0 Å². The molecular formula is C30H47ClSi. The third-order valence-corrected chi connectivity index (χ3v) is 12.3. The van der Waals surface area contributed by atoms with Gasteiger partial charge in [0.25, 0.3) is 0 Å². The summed E-state index contributed by atoms with van der Waals surface area (Å²) < 4.78 is 0. The van der Waals surface area contributed by atoms with Crippen LogP contribution in [-0.2, 0) is 0 Å². The smallest absolute Gasteiger partial charge is 0.155 e. The van der Waals surface area contributed by atoms with Crippen LogP contribution in [0.15, 0.2) is 60.7 Å². The average Bonchev–Trinajstić information content (AvgIpc) is 2.84. The number of halogens is 1. The molecule has 0 spiro atoms. The number of rotatable bonds is 19. The summed E-state index contributed by atoms with van der Waals surface area (Å²) in [7, 11) is -2.14. The van der Waals surface area contributed by atoms with E-state index in [4.69, 9.17) is 11.1 Å². The molecule has 0 radical (unpaired) electrons. The molecule has 0 aromatic heterocycles. The van der Waals surface area contributed by atoms with Gasteiger partial charge in [0.05, 0.1) is 0 Å². The Kier molecular flexibility index (Phi) is 14.8. The molecule has 0 atom stereocenters. The second-order valence-corrected chi connectivity index (χ2v) is 14.8. The summed E-state index contributed by atoms with van der Waals surface area (Å²) in [6, 6.07) is 22.8. The Labute approximate surface area is 204 Å². The topological polar surface area (TPSA) is 0 Å². The highest BCUT2D eigenvalue weighted by Crippen LogP contribution is 2.21. The number of hydrogen-bond acceptors (Lipinski definition) is 0. The highest BCUT2D eigenvalue weighted by Gasteiger charge is 2.34. The van der Waals surface area contributed by atoms with Gasteiger partial charge < -0.3 is 0 Å². The van der Waals surface area contributed by atoms with Gasteiger partial charge in [0.2, 0.25) is 7.38 Å². The number of hydrogen-bond donors (Lipinski definition) is 0. The average molecular weight is 471 g/mol. The molecular weight excluding hydrogens is 424 g/mol. The molecule has 2 aromatic rings. The first-order chi connectivity index (χ1) is 15.8. The van der Waals surface area contributed by atoms with Crippen molar-refractivity contribution in [1.82, 2.24) is 0 Å². The quantitative estimate of drug-likeness (QED) is 0.109. The first-order valence-electron chi connectivity index (χ1n) is 13.6. The summed E-state index contributed by atoms with van der Waals surface area (Å²) in [6.45, 7) is 2.30. The van der Waals surface area contributed by atoms with Crippen LogP contribution in [0.5, 0.6) is 0 Å². The maximum absolute atomic E-state index is 7.39. The Balaban J connectivity index is 1.52. The highest BCUT2D eigenvalue weighted by molar-refractivity contribution is 7.34. The van der Waals surface area contributed by atoms with E-state index >= 15 is 0 Å². The van der Waals surface area contributed by atoms with Crippen molar-refractivity contribution >= 4 is 28.8 Å². The van der Waals surface area contributed by atoms with E-state index in [1.165, 1.54) is 113 Å². The zero-order valence-corrected chi connectivity index (χ0v) is 22.4. The van der Waals surface area contributed by atoms with Gasteiger partial charge in [-0.25, -0.2) is 0 Å². The molecule has 0 bridgehead atoms. The van der Waals surface area contributed by atoms with Crippen molar-refractivity contribution in [2.24, 2.45) is 0 Å². The fourth-order valence-electron chi connectivity index (χ4n) is 4.78.